The summed E-state index contributed by atoms with van der Waals surface area (Å²) in [6.45, 7) is 0.702. The minimum atomic E-state index is -0.645. The lowest BCUT2D eigenvalue weighted by Crippen LogP contribution is -2.41. The summed E-state index contributed by atoms with van der Waals surface area (Å²) in [5.74, 6) is 1.06. The molecule has 3 aromatic rings. The monoisotopic (exact) mass is 478 g/mol. The third kappa shape index (κ3) is 5.19. The van der Waals surface area contributed by atoms with E-state index in [1.807, 2.05) is 24.4 Å². The van der Waals surface area contributed by atoms with Gasteiger partial charge in [0, 0.05) is 30.2 Å². The van der Waals surface area contributed by atoms with Crippen molar-refractivity contribution < 1.29 is 14.6 Å². The van der Waals surface area contributed by atoms with E-state index in [1.54, 1.807) is 7.11 Å². The summed E-state index contributed by atoms with van der Waals surface area (Å²) in [7, 11) is 1.63. The average molecular weight is 479 g/mol. The molecule has 0 saturated heterocycles. The molecule has 1 aromatic carbocycles. The van der Waals surface area contributed by atoms with Gasteiger partial charge in [0.15, 0.2) is 0 Å². The zero-order chi connectivity index (χ0) is 23.5. The van der Waals surface area contributed by atoms with Crippen LogP contribution in [-0.4, -0.2) is 45.5 Å². The van der Waals surface area contributed by atoms with Crippen LogP contribution in [0.3, 0.4) is 0 Å². The maximum Gasteiger partial charge on any atom is 0.234 e. The minimum Gasteiger partial charge on any atom is -0.481 e. The van der Waals surface area contributed by atoms with Crippen molar-refractivity contribution in [3.05, 3.63) is 53.7 Å². The topological polar surface area (TPSA) is 96.4 Å². The van der Waals surface area contributed by atoms with Crippen molar-refractivity contribution in [3.63, 3.8) is 0 Å². The molecular weight excluding hydrogens is 448 g/mol. The van der Waals surface area contributed by atoms with Crippen molar-refractivity contribution in [2.24, 2.45) is 0 Å². The van der Waals surface area contributed by atoms with Crippen LogP contribution >= 0.6 is 11.8 Å². The van der Waals surface area contributed by atoms with Gasteiger partial charge in [0.1, 0.15) is 5.03 Å². The number of ether oxygens (including phenoxy) is 1. The van der Waals surface area contributed by atoms with E-state index in [0.717, 1.165) is 71.3 Å². The highest BCUT2D eigenvalue weighted by Crippen LogP contribution is 2.34. The number of benzene rings is 1. The maximum absolute atomic E-state index is 11.6. The maximum atomic E-state index is 11.6. The summed E-state index contributed by atoms with van der Waals surface area (Å²) in [5.41, 5.74) is 3.32. The number of hydrogen-bond donors (Lipinski definition) is 3. The lowest BCUT2D eigenvalue weighted by atomic mass is 9.78. The van der Waals surface area contributed by atoms with E-state index in [0.29, 0.717) is 24.2 Å². The van der Waals surface area contributed by atoms with Gasteiger partial charge in [0.05, 0.1) is 29.7 Å². The fourth-order valence-electron chi connectivity index (χ4n) is 4.86. The number of thioether (sulfide) groups is 1. The number of nitrogens with one attached hydrogen (secondary N) is 2. The van der Waals surface area contributed by atoms with Gasteiger partial charge in [-0.25, -0.2) is 9.97 Å². The van der Waals surface area contributed by atoms with Crippen LogP contribution in [0.4, 0.5) is 5.69 Å². The van der Waals surface area contributed by atoms with Crippen LogP contribution in [0.2, 0.25) is 0 Å². The van der Waals surface area contributed by atoms with E-state index in [-0.39, 0.29) is 5.91 Å². The Bertz CT molecular complexity index is 1190. The first-order valence-electron chi connectivity index (χ1n) is 11.8. The van der Waals surface area contributed by atoms with Gasteiger partial charge >= 0.3 is 0 Å². The summed E-state index contributed by atoms with van der Waals surface area (Å²) >= 11 is 1.48. The lowest BCUT2D eigenvalue weighted by molar-refractivity contribution is -0.113. The number of anilines is 1. The molecule has 34 heavy (non-hydrogen) atoms. The smallest absolute Gasteiger partial charge is 0.234 e. The summed E-state index contributed by atoms with van der Waals surface area (Å²) in [5, 5.41) is 19.7. The molecule has 1 saturated carbocycles. The van der Waals surface area contributed by atoms with Gasteiger partial charge in [-0.15, -0.1) is 0 Å². The van der Waals surface area contributed by atoms with Gasteiger partial charge in [0.25, 0.3) is 0 Å². The summed E-state index contributed by atoms with van der Waals surface area (Å²) in [6.07, 6.45) is 6.82. The molecule has 178 valence electrons. The van der Waals surface area contributed by atoms with E-state index in [2.05, 4.69) is 38.8 Å². The largest absolute Gasteiger partial charge is 0.481 e. The number of nitrogens with zero attached hydrogens (tertiary/aromatic N) is 2. The highest BCUT2D eigenvalue weighted by Gasteiger charge is 2.33. The first-order valence-corrected chi connectivity index (χ1v) is 12.8. The molecule has 2 aromatic heterocycles. The Morgan fingerprint density at radius 2 is 2.12 bits per heavy atom. The lowest BCUT2D eigenvalue weighted by Gasteiger charge is -2.36. The SMILES string of the molecule is COc1ccc2cccc(CC[C@]3(O)CC[C@@H](NCc4cnc5c(c4)NC(=O)CS5)CC3)c2n1. The molecular formula is C26H30N4O3S. The fourth-order valence-corrected chi connectivity index (χ4v) is 5.59. The number of fused-ring (bicyclic) bond motifs is 2. The van der Waals surface area contributed by atoms with E-state index in [1.165, 1.54) is 11.8 Å². The number of aryl methyl sites for hydroxylation is 1. The second kappa shape index (κ2) is 9.90. The standard InChI is InChI=1S/C26H30N4O3S/c1-33-23-6-5-18-3-2-4-19(24(18)30-23)7-10-26(32)11-8-20(9-12-26)27-14-17-13-21-25(28-15-17)34-16-22(31)29-21/h2-6,13,15,20,27,32H,7-12,14,16H2,1H3,(H,29,31)/t20-,26+. The Hall–Kier alpha value is -2.68. The van der Waals surface area contributed by atoms with Crippen LogP contribution in [0, 0.1) is 0 Å². The number of methoxy groups -OCH3 is 1. The quantitative estimate of drug-likeness (QED) is 0.471. The van der Waals surface area contributed by atoms with E-state index in [9.17, 15) is 9.90 Å². The Labute approximate surface area is 203 Å². The molecule has 1 aliphatic heterocycles. The minimum absolute atomic E-state index is 0.0226. The Balaban J connectivity index is 1.14. The number of pyridine rings is 2. The van der Waals surface area contributed by atoms with E-state index in [4.69, 9.17) is 4.74 Å². The molecule has 3 N–H and O–H groups in total. The average Bonchev–Trinajstić information content (AvgIpc) is 2.86. The predicted octanol–water partition coefficient (Wildman–Crippen LogP) is 4.08. The van der Waals surface area contributed by atoms with Crippen molar-refractivity contribution >= 4 is 34.3 Å². The van der Waals surface area contributed by atoms with Crippen molar-refractivity contribution in [2.75, 3.05) is 18.2 Å². The fraction of sp³-hybridized carbons (Fsp3) is 0.423. The third-order valence-corrected chi connectivity index (χ3v) is 7.89. The number of carbonyl (C=O) groups is 1. The molecule has 5 rings (SSSR count). The van der Waals surface area contributed by atoms with Crippen LogP contribution in [0.5, 0.6) is 5.88 Å². The number of rotatable bonds is 7. The van der Waals surface area contributed by atoms with Crippen molar-refractivity contribution in [1.82, 2.24) is 15.3 Å². The zero-order valence-corrected chi connectivity index (χ0v) is 20.2. The molecule has 1 aliphatic carbocycles. The summed E-state index contributed by atoms with van der Waals surface area (Å²) in [4.78, 5) is 20.7. The number of aliphatic hydroxyl groups is 1. The molecule has 1 fully saturated rings. The molecule has 2 aliphatic rings. The zero-order valence-electron chi connectivity index (χ0n) is 19.3. The van der Waals surface area contributed by atoms with E-state index >= 15 is 0 Å². The van der Waals surface area contributed by atoms with Crippen LogP contribution in [0.1, 0.15) is 43.2 Å². The molecule has 7 nitrogen and oxygen atoms in total. The van der Waals surface area contributed by atoms with Crippen LogP contribution < -0.4 is 15.4 Å². The Morgan fingerprint density at radius 1 is 1.26 bits per heavy atom. The number of hydrogen-bond acceptors (Lipinski definition) is 7. The van der Waals surface area contributed by atoms with Gasteiger partial charge in [-0.1, -0.05) is 30.0 Å². The number of aromatic nitrogens is 2. The highest BCUT2D eigenvalue weighted by atomic mass is 32.2. The van der Waals surface area contributed by atoms with Gasteiger partial charge < -0.3 is 20.5 Å². The van der Waals surface area contributed by atoms with Gasteiger partial charge in [0.2, 0.25) is 11.8 Å². The summed E-state index contributed by atoms with van der Waals surface area (Å²) < 4.78 is 5.30. The van der Waals surface area contributed by atoms with Gasteiger partial charge in [-0.2, -0.15) is 0 Å². The molecule has 1 amide bonds. The van der Waals surface area contributed by atoms with Crippen molar-refractivity contribution in [2.45, 2.75) is 61.7 Å². The van der Waals surface area contributed by atoms with Crippen LogP contribution in [0.25, 0.3) is 10.9 Å². The number of carbonyl (C=O) groups excluding carboxylic acids is 1. The second-order valence-corrected chi connectivity index (χ2v) is 10.2. The predicted molar refractivity (Wildman–Crippen MR) is 134 cm³/mol. The molecule has 8 heteroatoms. The normalized spacial score (nSPS) is 22.3. The second-order valence-electron chi connectivity index (χ2n) is 9.26. The first-order chi connectivity index (χ1) is 16.5. The Morgan fingerprint density at radius 3 is 2.94 bits per heavy atom. The number of para-hydroxylation sites is 1. The third-order valence-electron chi connectivity index (χ3n) is 6.88. The molecule has 0 bridgehead atoms. The van der Waals surface area contributed by atoms with Crippen LogP contribution in [-0.2, 0) is 17.8 Å². The molecule has 0 atom stereocenters. The van der Waals surface area contributed by atoms with Crippen LogP contribution in [0.15, 0.2) is 47.6 Å². The molecule has 0 radical (unpaired) electrons. The molecule has 0 spiro atoms. The first kappa shape index (κ1) is 23.1. The molecule has 0 unspecified atom stereocenters. The van der Waals surface area contributed by atoms with Crippen molar-refractivity contribution in [1.29, 1.82) is 0 Å². The Kier molecular flexibility index (Phi) is 6.72. The summed E-state index contributed by atoms with van der Waals surface area (Å²) in [6, 6.07) is 12.5. The highest BCUT2D eigenvalue weighted by molar-refractivity contribution is 8.00. The number of amides is 1. The van der Waals surface area contributed by atoms with Crippen molar-refractivity contribution in [3.8, 4) is 5.88 Å². The van der Waals surface area contributed by atoms with Gasteiger partial charge in [-0.3, -0.25) is 4.79 Å². The van der Waals surface area contributed by atoms with Gasteiger partial charge in [-0.05, 0) is 61.8 Å². The van der Waals surface area contributed by atoms with E-state index < -0.39 is 5.60 Å². The molecule has 3 heterocycles.